The van der Waals surface area contributed by atoms with Crippen molar-refractivity contribution in [1.29, 1.82) is 0 Å². The van der Waals surface area contributed by atoms with Crippen LogP contribution in [0.5, 0.6) is 11.5 Å². The Kier molecular flexibility index (Phi) is 13.2. The molecule has 1 aliphatic rings. The molecular weight excluding hydrogens is 533 g/mol. The third kappa shape index (κ3) is 11.2. The molecule has 0 atom stereocenters. The van der Waals surface area contributed by atoms with Crippen LogP contribution < -0.4 is 20.1 Å². The molecule has 2 N–H and O–H groups in total. The van der Waals surface area contributed by atoms with E-state index in [-0.39, 0.29) is 42.4 Å². The van der Waals surface area contributed by atoms with Crippen molar-refractivity contribution in [3.8, 4) is 11.5 Å². The van der Waals surface area contributed by atoms with Crippen LogP contribution in [0.1, 0.15) is 38.2 Å². The average Bonchev–Trinajstić information content (AvgIpc) is 3.21. The second-order valence-electron chi connectivity index (χ2n) is 7.36. The van der Waals surface area contributed by atoms with E-state index in [1.165, 1.54) is 19.1 Å². The number of hydrogen-bond acceptors (Lipinski definition) is 6. The summed E-state index contributed by atoms with van der Waals surface area (Å²) in [4.78, 5) is 4.65. The number of methoxy groups -OCH3 is 1. The lowest BCUT2D eigenvalue weighted by Crippen LogP contribution is -2.39. The van der Waals surface area contributed by atoms with Gasteiger partial charge in [0, 0.05) is 31.0 Å². The topological polar surface area (TPSA) is 98.2 Å². The number of aliphatic imine (C=N–C) groups is 1. The Morgan fingerprint density at radius 2 is 1.94 bits per heavy atom. The molecule has 8 nitrogen and oxygen atoms in total. The smallest absolute Gasteiger partial charge is 0.191 e. The number of ether oxygens (including phenoxy) is 3. The van der Waals surface area contributed by atoms with Gasteiger partial charge in [-0.25, -0.2) is 13.4 Å². The van der Waals surface area contributed by atoms with Crippen molar-refractivity contribution in [2.24, 2.45) is 4.99 Å². The fourth-order valence-corrected chi connectivity index (χ4v) is 3.57. The van der Waals surface area contributed by atoms with Crippen molar-refractivity contribution in [3.63, 3.8) is 0 Å². The molecule has 0 aliphatic heterocycles. The Hall–Kier alpha value is -1.27. The Labute approximate surface area is 203 Å². The third-order valence-corrected chi connectivity index (χ3v) is 5.67. The van der Waals surface area contributed by atoms with Crippen LogP contribution in [0.4, 0.5) is 0 Å². The van der Waals surface area contributed by atoms with Crippen LogP contribution in [0, 0.1) is 0 Å². The standard InChI is InChI=1S/C21H35N3O5S.HI/c1-4-22-21(23-11-12-28-13-14-30(3,25)26)24-16-17-9-10-19(27-2)15-20(17)29-18-7-5-6-8-18;/h9-10,15,18H,4-8,11-14,16H2,1-3H3,(H2,22,23,24);1H. The number of benzene rings is 1. The van der Waals surface area contributed by atoms with Crippen molar-refractivity contribution in [1.82, 2.24) is 10.6 Å². The van der Waals surface area contributed by atoms with Gasteiger partial charge in [-0.2, -0.15) is 0 Å². The van der Waals surface area contributed by atoms with Crippen LogP contribution in [-0.4, -0.2) is 65.9 Å². The number of nitrogens with one attached hydrogen (secondary N) is 2. The van der Waals surface area contributed by atoms with Gasteiger partial charge < -0.3 is 24.8 Å². The van der Waals surface area contributed by atoms with Crippen LogP contribution in [0.25, 0.3) is 0 Å². The van der Waals surface area contributed by atoms with Gasteiger partial charge in [0.25, 0.3) is 0 Å². The van der Waals surface area contributed by atoms with Gasteiger partial charge in [-0.05, 0) is 44.7 Å². The highest BCUT2D eigenvalue weighted by Crippen LogP contribution is 2.30. The highest BCUT2D eigenvalue weighted by atomic mass is 127. The summed E-state index contributed by atoms with van der Waals surface area (Å²) < 4.78 is 39.2. The summed E-state index contributed by atoms with van der Waals surface area (Å²) >= 11 is 0. The van der Waals surface area contributed by atoms with Crippen molar-refractivity contribution >= 4 is 39.8 Å². The molecule has 0 spiro atoms. The van der Waals surface area contributed by atoms with Crippen LogP contribution in [0.15, 0.2) is 23.2 Å². The van der Waals surface area contributed by atoms with E-state index in [1.54, 1.807) is 7.11 Å². The van der Waals surface area contributed by atoms with Gasteiger partial charge in [-0.3, -0.25) is 0 Å². The molecule has 1 aromatic rings. The number of guanidine groups is 1. The SMILES string of the molecule is CCNC(=NCc1ccc(OC)cc1OC1CCCC1)NCCOCCS(C)(=O)=O.I. The summed E-state index contributed by atoms with van der Waals surface area (Å²) in [5.74, 6) is 2.30. The summed E-state index contributed by atoms with van der Waals surface area (Å²) in [6.45, 7) is 4.33. The number of rotatable bonds is 12. The van der Waals surface area contributed by atoms with Crippen LogP contribution in [-0.2, 0) is 21.1 Å². The zero-order chi connectivity index (χ0) is 21.8. The molecule has 0 bridgehead atoms. The highest BCUT2D eigenvalue weighted by molar-refractivity contribution is 14.0. The van der Waals surface area contributed by atoms with Crippen molar-refractivity contribution in [2.45, 2.75) is 45.3 Å². The molecule has 1 aliphatic carbocycles. The number of sulfone groups is 1. The van der Waals surface area contributed by atoms with Gasteiger partial charge in [-0.1, -0.05) is 0 Å². The van der Waals surface area contributed by atoms with Crippen molar-refractivity contribution < 1.29 is 22.6 Å². The van der Waals surface area contributed by atoms with Gasteiger partial charge in [0.2, 0.25) is 0 Å². The second-order valence-corrected chi connectivity index (χ2v) is 9.62. The van der Waals surface area contributed by atoms with Crippen LogP contribution in [0.2, 0.25) is 0 Å². The van der Waals surface area contributed by atoms with E-state index in [9.17, 15) is 8.42 Å². The Morgan fingerprint density at radius 1 is 1.19 bits per heavy atom. The Balaban J connectivity index is 0.00000480. The molecule has 2 rings (SSSR count). The molecule has 0 unspecified atom stereocenters. The molecule has 0 radical (unpaired) electrons. The second kappa shape index (κ2) is 14.7. The predicted octanol–water partition coefficient (Wildman–Crippen LogP) is 2.75. The minimum absolute atomic E-state index is 0. The molecular formula is C21H36IN3O5S. The van der Waals surface area contributed by atoms with Crippen LogP contribution in [0.3, 0.4) is 0 Å². The molecule has 1 fully saturated rings. The van der Waals surface area contributed by atoms with E-state index in [0.29, 0.717) is 25.7 Å². The highest BCUT2D eigenvalue weighted by Gasteiger charge is 2.18. The molecule has 1 aromatic carbocycles. The Morgan fingerprint density at radius 3 is 2.58 bits per heavy atom. The minimum atomic E-state index is -3.00. The molecule has 0 aromatic heterocycles. The van der Waals surface area contributed by atoms with Gasteiger partial charge in [0.1, 0.15) is 21.3 Å². The lowest BCUT2D eigenvalue weighted by molar-refractivity contribution is 0.154. The molecule has 10 heteroatoms. The number of halogens is 1. The molecule has 0 saturated heterocycles. The fourth-order valence-electron chi connectivity index (χ4n) is 3.15. The van der Waals surface area contributed by atoms with Gasteiger partial charge in [-0.15, -0.1) is 24.0 Å². The maximum atomic E-state index is 11.1. The number of hydrogen-bond donors (Lipinski definition) is 2. The van der Waals surface area contributed by atoms with Crippen molar-refractivity contribution in [3.05, 3.63) is 23.8 Å². The molecule has 178 valence electrons. The summed E-state index contributed by atoms with van der Waals surface area (Å²) in [7, 11) is -1.35. The van der Waals surface area contributed by atoms with Crippen LogP contribution >= 0.6 is 24.0 Å². The summed E-state index contributed by atoms with van der Waals surface area (Å²) in [5, 5.41) is 6.41. The van der Waals surface area contributed by atoms with Gasteiger partial charge in [0.15, 0.2) is 5.96 Å². The van der Waals surface area contributed by atoms with E-state index in [4.69, 9.17) is 14.2 Å². The summed E-state index contributed by atoms with van der Waals surface area (Å²) in [5.41, 5.74) is 1.00. The zero-order valence-corrected chi connectivity index (χ0v) is 21.8. The van der Waals surface area contributed by atoms with Gasteiger partial charge in [0.05, 0.1) is 38.7 Å². The first-order valence-corrected chi connectivity index (χ1v) is 12.6. The molecule has 0 heterocycles. The van der Waals surface area contributed by atoms with Gasteiger partial charge >= 0.3 is 0 Å². The minimum Gasteiger partial charge on any atom is -0.497 e. The van der Waals surface area contributed by atoms with Crippen molar-refractivity contribution in [2.75, 3.05) is 45.4 Å². The summed E-state index contributed by atoms with van der Waals surface area (Å²) in [6.07, 6.45) is 6.06. The maximum Gasteiger partial charge on any atom is 0.191 e. The number of nitrogens with zero attached hydrogens (tertiary/aromatic N) is 1. The first-order valence-electron chi connectivity index (χ1n) is 10.5. The summed E-state index contributed by atoms with van der Waals surface area (Å²) in [6, 6.07) is 5.84. The maximum absolute atomic E-state index is 11.1. The van der Waals surface area contributed by atoms with E-state index in [2.05, 4.69) is 15.6 Å². The van der Waals surface area contributed by atoms with E-state index < -0.39 is 9.84 Å². The average molecular weight is 570 g/mol. The first kappa shape index (κ1) is 27.8. The fraction of sp³-hybridized carbons (Fsp3) is 0.667. The third-order valence-electron chi connectivity index (χ3n) is 4.76. The lowest BCUT2D eigenvalue weighted by Gasteiger charge is -2.17. The normalized spacial score (nSPS) is 14.7. The first-order chi connectivity index (χ1) is 14.4. The zero-order valence-electron chi connectivity index (χ0n) is 18.7. The largest absolute Gasteiger partial charge is 0.497 e. The van der Waals surface area contributed by atoms with E-state index in [0.717, 1.165) is 36.4 Å². The van der Waals surface area contributed by atoms with E-state index in [1.807, 2.05) is 25.1 Å². The molecule has 31 heavy (non-hydrogen) atoms. The molecule has 0 amide bonds. The monoisotopic (exact) mass is 569 g/mol. The predicted molar refractivity (Wildman–Crippen MR) is 135 cm³/mol. The quantitative estimate of drug-likeness (QED) is 0.173. The lowest BCUT2D eigenvalue weighted by atomic mass is 10.2. The van der Waals surface area contributed by atoms with E-state index >= 15 is 0 Å². The Bertz CT molecular complexity index is 783. The molecule has 1 saturated carbocycles.